The molecule has 1 amide bonds. The molecule has 0 aliphatic heterocycles. The Balaban J connectivity index is 1.42. The maximum atomic E-state index is 12.8. The van der Waals surface area contributed by atoms with Gasteiger partial charge in [-0.2, -0.15) is 4.98 Å². The number of carbonyl (C=O) groups is 1. The van der Waals surface area contributed by atoms with Crippen LogP contribution in [0.1, 0.15) is 51.0 Å². The number of anilines is 1. The molecule has 29 heavy (non-hydrogen) atoms. The summed E-state index contributed by atoms with van der Waals surface area (Å²) in [6.07, 6.45) is 4.74. The summed E-state index contributed by atoms with van der Waals surface area (Å²) in [6.45, 7) is 4.56. The van der Waals surface area contributed by atoms with Crippen LogP contribution < -0.4 is 5.32 Å². The predicted molar refractivity (Wildman–Crippen MR) is 116 cm³/mol. The lowest BCUT2D eigenvalue weighted by Crippen LogP contribution is -2.28. The van der Waals surface area contributed by atoms with Gasteiger partial charge in [0.25, 0.3) is 0 Å². The number of hydrogen-bond acceptors (Lipinski definition) is 5. The zero-order valence-corrected chi connectivity index (χ0v) is 17.7. The monoisotopic (exact) mass is 409 g/mol. The van der Waals surface area contributed by atoms with Gasteiger partial charge in [-0.25, -0.2) is 0 Å². The van der Waals surface area contributed by atoms with E-state index in [1.54, 1.807) is 11.3 Å². The molecule has 0 spiro atoms. The minimum absolute atomic E-state index is 0.104. The molecular formula is C23H27N3O2S. The van der Waals surface area contributed by atoms with Crippen LogP contribution in [0, 0.1) is 17.8 Å². The number of amides is 1. The van der Waals surface area contributed by atoms with Crippen LogP contribution in [-0.2, 0) is 11.2 Å². The van der Waals surface area contributed by atoms with E-state index in [9.17, 15) is 4.79 Å². The smallest absolute Gasteiger partial charge is 0.231 e. The SMILES string of the molecule is CC(C)C1CCC(C(=O)Nc2ccccc2Cc2nc(-c3cccs3)no2)CC1. The van der Waals surface area contributed by atoms with Crippen LogP contribution >= 0.6 is 11.3 Å². The van der Waals surface area contributed by atoms with Gasteiger partial charge in [0, 0.05) is 11.6 Å². The summed E-state index contributed by atoms with van der Waals surface area (Å²) in [6, 6.07) is 11.8. The highest BCUT2D eigenvalue weighted by atomic mass is 32.1. The minimum Gasteiger partial charge on any atom is -0.339 e. The van der Waals surface area contributed by atoms with Gasteiger partial charge in [0.05, 0.1) is 11.3 Å². The molecule has 1 fully saturated rings. The molecule has 1 aliphatic rings. The van der Waals surface area contributed by atoms with Gasteiger partial charge in [-0.05, 0) is 60.6 Å². The second-order valence-electron chi connectivity index (χ2n) is 8.17. The van der Waals surface area contributed by atoms with Gasteiger partial charge in [-0.3, -0.25) is 4.79 Å². The number of thiophene rings is 1. The van der Waals surface area contributed by atoms with E-state index in [0.717, 1.165) is 47.7 Å². The summed E-state index contributed by atoms with van der Waals surface area (Å²) in [5.74, 6) is 2.84. The minimum atomic E-state index is 0.104. The highest BCUT2D eigenvalue weighted by Crippen LogP contribution is 2.34. The van der Waals surface area contributed by atoms with Gasteiger partial charge in [0.15, 0.2) is 0 Å². The predicted octanol–water partition coefficient (Wildman–Crippen LogP) is 5.79. The van der Waals surface area contributed by atoms with E-state index < -0.39 is 0 Å². The number of rotatable bonds is 6. The Morgan fingerprint density at radius 1 is 1.17 bits per heavy atom. The molecule has 1 aliphatic carbocycles. The summed E-state index contributed by atoms with van der Waals surface area (Å²) in [4.78, 5) is 18.3. The van der Waals surface area contributed by atoms with Crippen molar-refractivity contribution in [2.45, 2.75) is 46.0 Å². The van der Waals surface area contributed by atoms with Crippen molar-refractivity contribution < 1.29 is 9.32 Å². The highest BCUT2D eigenvalue weighted by molar-refractivity contribution is 7.13. The third-order valence-electron chi connectivity index (χ3n) is 5.91. The van der Waals surface area contributed by atoms with Crippen molar-refractivity contribution >= 4 is 22.9 Å². The number of hydrogen-bond donors (Lipinski definition) is 1. The molecule has 1 aromatic carbocycles. The summed E-state index contributed by atoms with van der Waals surface area (Å²) in [7, 11) is 0. The number of carbonyl (C=O) groups excluding carboxylic acids is 1. The Kier molecular flexibility index (Phi) is 6.09. The molecule has 152 valence electrons. The molecule has 3 aromatic rings. The van der Waals surface area contributed by atoms with E-state index in [0.29, 0.717) is 24.1 Å². The van der Waals surface area contributed by atoms with E-state index in [4.69, 9.17) is 4.52 Å². The van der Waals surface area contributed by atoms with Crippen molar-refractivity contribution in [1.29, 1.82) is 0 Å². The van der Waals surface area contributed by atoms with Crippen LogP contribution in [0.5, 0.6) is 0 Å². The van der Waals surface area contributed by atoms with Gasteiger partial charge < -0.3 is 9.84 Å². The largest absolute Gasteiger partial charge is 0.339 e. The number of nitrogens with zero attached hydrogens (tertiary/aromatic N) is 2. The maximum absolute atomic E-state index is 12.8. The van der Waals surface area contributed by atoms with Crippen LogP contribution in [0.25, 0.3) is 10.7 Å². The molecule has 0 bridgehead atoms. The van der Waals surface area contributed by atoms with Crippen molar-refractivity contribution in [2.75, 3.05) is 5.32 Å². The lowest BCUT2D eigenvalue weighted by Gasteiger charge is -2.30. The quantitative estimate of drug-likeness (QED) is 0.559. The third-order valence-corrected chi connectivity index (χ3v) is 6.78. The molecular weight excluding hydrogens is 382 g/mol. The molecule has 2 heterocycles. The van der Waals surface area contributed by atoms with Crippen LogP contribution in [-0.4, -0.2) is 16.0 Å². The molecule has 0 atom stereocenters. The van der Waals surface area contributed by atoms with Crippen molar-refractivity contribution in [3.05, 3.63) is 53.2 Å². The number of aromatic nitrogens is 2. The van der Waals surface area contributed by atoms with E-state index in [-0.39, 0.29) is 11.8 Å². The Labute approximate surface area is 175 Å². The lowest BCUT2D eigenvalue weighted by molar-refractivity contribution is -0.121. The van der Waals surface area contributed by atoms with Crippen LogP contribution in [0.15, 0.2) is 46.3 Å². The number of benzene rings is 1. The summed E-state index contributed by atoms with van der Waals surface area (Å²) < 4.78 is 5.44. The molecule has 0 saturated heterocycles. The molecule has 1 saturated carbocycles. The normalized spacial score (nSPS) is 19.4. The van der Waals surface area contributed by atoms with Crippen molar-refractivity contribution in [2.24, 2.45) is 17.8 Å². The molecule has 6 heteroatoms. The second kappa shape index (κ2) is 8.91. The first kappa shape index (κ1) is 19.8. The average Bonchev–Trinajstić information content (AvgIpc) is 3.41. The van der Waals surface area contributed by atoms with Crippen LogP contribution in [0.3, 0.4) is 0 Å². The summed E-state index contributed by atoms with van der Waals surface area (Å²) >= 11 is 1.58. The lowest BCUT2D eigenvalue weighted by atomic mass is 9.76. The molecule has 5 nitrogen and oxygen atoms in total. The molecule has 2 aromatic heterocycles. The van der Waals surface area contributed by atoms with Gasteiger partial charge in [-0.1, -0.05) is 43.3 Å². The Hall–Kier alpha value is -2.47. The fourth-order valence-corrected chi connectivity index (χ4v) is 4.72. The van der Waals surface area contributed by atoms with E-state index in [1.165, 1.54) is 0 Å². The first-order valence-electron chi connectivity index (χ1n) is 10.4. The Morgan fingerprint density at radius 3 is 2.69 bits per heavy atom. The highest BCUT2D eigenvalue weighted by Gasteiger charge is 2.28. The second-order valence-corrected chi connectivity index (χ2v) is 9.12. The fourth-order valence-electron chi connectivity index (χ4n) is 4.07. The molecule has 1 N–H and O–H groups in total. The topological polar surface area (TPSA) is 68.0 Å². The van der Waals surface area contributed by atoms with Crippen molar-refractivity contribution in [3.8, 4) is 10.7 Å². The molecule has 4 rings (SSSR count). The van der Waals surface area contributed by atoms with Gasteiger partial charge in [-0.15, -0.1) is 11.3 Å². The Morgan fingerprint density at radius 2 is 1.97 bits per heavy atom. The summed E-state index contributed by atoms with van der Waals surface area (Å²) in [5, 5.41) is 9.22. The van der Waals surface area contributed by atoms with E-state index in [1.807, 2.05) is 41.8 Å². The number of para-hydroxylation sites is 1. The summed E-state index contributed by atoms with van der Waals surface area (Å²) in [5.41, 5.74) is 1.82. The zero-order chi connectivity index (χ0) is 20.2. The van der Waals surface area contributed by atoms with E-state index in [2.05, 4.69) is 29.3 Å². The van der Waals surface area contributed by atoms with Crippen molar-refractivity contribution in [3.63, 3.8) is 0 Å². The number of nitrogens with one attached hydrogen (secondary N) is 1. The first-order chi connectivity index (χ1) is 14.1. The first-order valence-corrected chi connectivity index (χ1v) is 11.2. The standard InChI is InChI=1S/C23H27N3O2S/c1-15(2)16-9-11-17(12-10-16)23(27)24-19-7-4-3-6-18(19)14-21-25-22(26-28-21)20-8-5-13-29-20/h3-8,13,15-17H,9-12,14H2,1-2H3,(H,24,27). The van der Waals surface area contributed by atoms with E-state index >= 15 is 0 Å². The Bertz CT molecular complexity index is 941. The fraction of sp³-hybridized carbons (Fsp3) is 0.435. The third kappa shape index (κ3) is 4.75. The van der Waals surface area contributed by atoms with Gasteiger partial charge >= 0.3 is 0 Å². The maximum Gasteiger partial charge on any atom is 0.231 e. The van der Waals surface area contributed by atoms with Crippen LogP contribution in [0.4, 0.5) is 5.69 Å². The van der Waals surface area contributed by atoms with Crippen LogP contribution in [0.2, 0.25) is 0 Å². The average molecular weight is 410 g/mol. The van der Waals surface area contributed by atoms with Gasteiger partial charge in [0.2, 0.25) is 17.6 Å². The van der Waals surface area contributed by atoms with Gasteiger partial charge in [0.1, 0.15) is 0 Å². The molecule has 0 unspecified atom stereocenters. The molecule has 0 radical (unpaired) electrons. The zero-order valence-electron chi connectivity index (χ0n) is 16.9. The van der Waals surface area contributed by atoms with Crippen molar-refractivity contribution in [1.82, 2.24) is 10.1 Å².